The van der Waals surface area contributed by atoms with Crippen LogP contribution < -0.4 is 11.1 Å². The van der Waals surface area contributed by atoms with E-state index in [1.54, 1.807) is 16.7 Å². The van der Waals surface area contributed by atoms with E-state index in [1.807, 2.05) is 17.5 Å². The number of nitrogens with two attached hydrogens (primary N) is 1. The number of amides is 1. The zero-order chi connectivity index (χ0) is 12.1. The van der Waals surface area contributed by atoms with Gasteiger partial charge in [-0.25, -0.2) is 4.98 Å². The summed E-state index contributed by atoms with van der Waals surface area (Å²) in [6, 6.07) is 3.96. The van der Waals surface area contributed by atoms with Crippen LogP contribution in [0.4, 0.5) is 0 Å². The lowest BCUT2D eigenvalue weighted by molar-refractivity contribution is 0.0947. The Balaban J connectivity index is 1.90. The van der Waals surface area contributed by atoms with E-state index in [-0.39, 0.29) is 5.91 Å². The highest BCUT2D eigenvalue weighted by atomic mass is 32.1. The van der Waals surface area contributed by atoms with Gasteiger partial charge in [0.2, 0.25) is 0 Å². The van der Waals surface area contributed by atoms with Gasteiger partial charge in [0.05, 0.1) is 11.6 Å². The molecule has 0 spiro atoms. The van der Waals surface area contributed by atoms with Crippen LogP contribution in [0.5, 0.6) is 0 Å². The Morgan fingerprint density at radius 3 is 3.06 bits per heavy atom. The van der Waals surface area contributed by atoms with Crippen LogP contribution in [0, 0.1) is 0 Å². The summed E-state index contributed by atoms with van der Waals surface area (Å²) in [7, 11) is 0. The average Bonchev–Trinajstić information content (AvgIpc) is 2.97. The second-order valence-corrected chi connectivity index (χ2v) is 5.40. The maximum Gasteiger partial charge on any atom is 0.271 e. The second-order valence-electron chi connectivity index (χ2n) is 3.43. The third-order valence-electron chi connectivity index (χ3n) is 2.15. The summed E-state index contributed by atoms with van der Waals surface area (Å²) in [4.78, 5) is 17.1. The standard InChI is InChI=1S/C11H13N3OS2/c12-4-3-10-14-9(7-17-10)11(15)13-6-8-2-1-5-16-8/h1-2,5,7H,3-4,6,12H2,(H,13,15). The van der Waals surface area contributed by atoms with Gasteiger partial charge in [-0.2, -0.15) is 0 Å². The van der Waals surface area contributed by atoms with E-state index < -0.39 is 0 Å². The van der Waals surface area contributed by atoms with Crippen LogP contribution in [0.15, 0.2) is 22.9 Å². The van der Waals surface area contributed by atoms with Crippen LogP contribution in [0.2, 0.25) is 0 Å². The molecular formula is C11H13N3OS2. The zero-order valence-electron chi connectivity index (χ0n) is 9.18. The van der Waals surface area contributed by atoms with Crippen molar-refractivity contribution in [1.29, 1.82) is 0 Å². The fourth-order valence-electron chi connectivity index (χ4n) is 1.32. The lowest BCUT2D eigenvalue weighted by Crippen LogP contribution is -2.22. The molecule has 0 aliphatic carbocycles. The van der Waals surface area contributed by atoms with Gasteiger partial charge in [0.15, 0.2) is 0 Å². The van der Waals surface area contributed by atoms with E-state index in [0.29, 0.717) is 18.8 Å². The molecule has 0 saturated heterocycles. The van der Waals surface area contributed by atoms with Crippen LogP contribution in [0.25, 0.3) is 0 Å². The summed E-state index contributed by atoms with van der Waals surface area (Å²) in [5.41, 5.74) is 5.92. The molecule has 6 heteroatoms. The Morgan fingerprint density at radius 2 is 2.35 bits per heavy atom. The fourth-order valence-corrected chi connectivity index (χ4v) is 2.76. The van der Waals surface area contributed by atoms with E-state index in [4.69, 9.17) is 5.73 Å². The Morgan fingerprint density at radius 1 is 1.47 bits per heavy atom. The monoisotopic (exact) mass is 267 g/mol. The quantitative estimate of drug-likeness (QED) is 0.865. The van der Waals surface area contributed by atoms with Gasteiger partial charge < -0.3 is 11.1 Å². The smallest absolute Gasteiger partial charge is 0.271 e. The lowest BCUT2D eigenvalue weighted by Gasteiger charge is -2.00. The number of nitrogens with one attached hydrogen (secondary N) is 1. The summed E-state index contributed by atoms with van der Waals surface area (Å²) < 4.78 is 0. The highest BCUT2D eigenvalue weighted by Gasteiger charge is 2.10. The third-order valence-corrected chi connectivity index (χ3v) is 3.93. The van der Waals surface area contributed by atoms with E-state index >= 15 is 0 Å². The minimum Gasteiger partial charge on any atom is -0.346 e. The fraction of sp³-hybridized carbons (Fsp3) is 0.273. The molecule has 0 aromatic carbocycles. The van der Waals surface area contributed by atoms with Crippen molar-refractivity contribution < 1.29 is 4.79 Å². The number of aromatic nitrogens is 1. The minimum atomic E-state index is -0.127. The largest absolute Gasteiger partial charge is 0.346 e. The first kappa shape index (κ1) is 12.2. The second kappa shape index (κ2) is 5.90. The maximum atomic E-state index is 11.8. The first-order valence-electron chi connectivity index (χ1n) is 5.24. The number of carbonyl (C=O) groups is 1. The van der Waals surface area contributed by atoms with Crippen LogP contribution in [-0.4, -0.2) is 17.4 Å². The van der Waals surface area contributed by atoms with Crippen molar-refractivity contribution in [1.82, 2.24) is 10.3 Å². The predicted octanol–water partition coefficient (Wildman–Crippen LogP) is 1.64. The molecule has 2 aromatic heterocycles. The highest BCUT2D eigenvalue weighted by Crippen LogP contribution is 2.11. The van der Waals surface area contributed by atoms with Crippen LogP contribution >= 0.6 is 22.7 Å². The van der Waals surface area contributed by atoms with Gasteiger partial charge in [0, 0.05) is 16.7 Å². The molecule has 0 aliphatic heterocycles. The summed E-state index contributed by atoms with van der Waals surface area (Å²) in [5, 5.41) is 7.51. The molecule has 0 bridgehead atoms. The highest BCUT2D eigenvalue weighted by molar-refractivity contribution is 7.10. The van der Waals surface area contributed by atoms with E-state index in [9.17, 15) is 4.79 Å². The Bertz CT molecular complexity index is 479. The molecule has 1 amide bonds. The van der Waals surface area contributed by atoms with Crippen LogP contribution in [0.1, 0.15) is 20.4 Å². The van der Waals surface area contributed by atoms with Crippen molar-refractivity contribution in [2.75, 3.05) is 6.54 Å². The number of hydrogen-bond acceptors (Lipinski definition) is 5. The molecule has 2 rings (SSSR count). The topological polar surface area (TPSA) is 68.0 Å². The molecule has 3 N–H and O–H groups in total. The minimum absolute atomic E-state index is 0.127. The molecule has 17 heavy (non-hydrogen) atoms. The van der Waals surface area contributed by atoms with E-state index in [2.05, 4.69) is 10.3 Å². The molecule has 0 fully saturated rings. The predicted molar refractivity (Wildman–Crippen MR) is 70.4 cm³/mol. The van der Waals surface area contributed by atoms with Gasteiger partial charge in [0.25, 0.3) is 5.91 Å². The van der Waals surface area contributed by atoms with E-state index in [0.717, 1.165) is 16.3 Å². The number of hydrogen-bond donors (Lipinski definition) is 2. The first-order chi connectivity index (χ1) is 8.29. The number of carbonyl (C=O) groups excluding carboxylic acids is 1. The summed E-state index contributed by atoms with van der Waals surface area (Å²) in [5.74, 6) is -0.127. The first-order valence-corrected chi connectivity index (χ1v) is 7.00. The average molecular weight is 267 g/mol. The van der Waals surface area contributed by atoms with Gasteiger partial charge >= 0.3 is 0 Å². The number of thiophene rings is 1. The van der Waals surface area contributed by atoms with Crippen LogP contribution in [-0.2, 0) is 13.0 Å². The van der Waals surface area contributed by atoms with Gasteiger partial charge in [0.1, 0.15) is 5.69 Å². The summed E-state index contributed by atoms with van der Waals surface area (Å²) in [6.07, 6.45) is 0.725. The molecule has 0 aliphatic rings. The van der Waals surface area contributed by atoms with Crippen LogP contribution in [0.3, 0.4) is 0 Å². The van der Waals surface area contributed by atoms with Crippen molar-refractivity contribution in [2.24, 2.45) is 5.73 Å². The summed E-state index contributed by atoms with van der Waals surface area (Å²) >= 11 is 3.10. The van der Waals surface area contributed by atoms with Gasteiger partial charge in [-0.15, -0.1) is 22.7 Å². The molecule has 4 nitrogen and oxygen atoms in total. The lowest BCUT2D eigenvalue weighted by atomic mass is 10.4. The number of thiazole rings is 1. The molecule has 0 atom stereocenters. The summed E-state index contributed by atoms with van der Waals surface area (Å²) in [6.45, 7) is 1.12. The Kier molecular flexibility index (Phi) is 4.24. The molecule has 0 saturated carbocycles. The van der Waals surface area contributed by atoms with Gasteiger partial charge in [-0.05, 0) is 18.0 Å². The Labute approximate surface area is 107 Å². The van der Waals surface area contributed by atoms with Gasteiger partial charge in [-0.1, -0.05) is 6.07 Å². The Hall–Kier alpha value is -1.24. The third kappa shape index (κ3) is 3.36. The maximum absolute atomic E-state index is 11.8. The molecule has 90 valence electrons. The van der Waals surface area contributed by atoms with Crippen molar-refractivity contribution in [3.8, 4) is 0 Å². The van der Waals surface area contributed by atoms with Crippen molar-refractivity contribution in [3.05, 3.63) is 38.5 Å². The molecule has 2 aromatic rings. The van der Waals surface area contributed by atoms with Crippen molar-refractivity contribution in [2.45, 2.75) is 13.0 Å². The van der Waals surface area contributed by atoms with Gasteiger partial charge in [-0.3, -0.25) is 4.79 Å². The van der Waals surface area contributed by atoms with Crippen molar-refractivity contribution in [3.63, 3.8) is 0 Å². The molecule has 2 heterocycles. The SMILES string of the molecule is NCCc1nc(C(=O)NCc2cccs2)cs1. The van der Waals surface area contributed by atoms with Crippen molar-refractivity contribution >= 4 is 28.6 Å². The molecule has 0 radical (unpaired) electrons. The molecule has 0 unspecified atom stereocenters. The number of nitrogens with zero attached hydrogens (tertiary/aromatic N) is 1. The van der Waals surface area contributed by atoms with E-state index in [1.165, 1.54) is 11.3 Å². The molecular weight excluding hydrogens is 254 g/mol. The zero-order valence-corrected chi connectivity index (χ0v) is 10.8. The normalized spacial score (nSPS) is 10.4. The number of rotatable bonds is 5.